The summed E-state index contributed by atoms with van der Waals surface area (Å²) in [6.07, 6.45) is 4.28. The van der Waals surface area contributed by atoms with Crippen LogP contribution in [0.2, 0.25) is 0 Å². The van der Waals surface area contributed by atoms with Gasteiger partial charge in [-0.1, -0.05) is 36.4 Å². The number of ether oxygens (including phenoxy) is 2. The zero-order valence-corrected chi connectivity index (χ0v) is 14.9. The normalized spacial score (nSPS) is 16.0. The van der Waals surface area contributed by atoms with Gasteiger partial charge in [-0.3, -0.25) is 4.79 Å². The summed E-state index contributed by atoms with van der Waals surface area (Å²) >= 11 is 0. The van der Waals surface area contributed by atoms with Crippen LogP contribution in [0.4, 0.5) is 0 Å². The molecule has 4 heteroatoms. The predicted molar refractivity (Wildman–Crippen MR) is 98.1 cm³/mol. The molecular formula is C21H25NO3. The number of carbonyl (C=O) groups is 1. The van der Waals surface area contributed by atoms with Gasteiger partial charge in [-0.2, -0.15) is 0 Å². The number of aryl methyl sites for hydroxylation is 2. The molecule has 2 aromatic carbocycles. The molecule has 1 N–H and O–H groups in total. The lowest BCUT2D eigenvalue weighted by molar-refractivity contribution is -0.121. The second kappa shape index (κ2) is 8.06. The van der Waals surface area contributed by atoms with Gasteiger partial charge in [0, 0.05) is 6.42 Å². The molecule has 1 aliphatic carbocycles. The van der Waals surface area contributed by atoms with Crippen molar-refractivity contribution < 1.29 is 14.3 Å². The van der Waals surface area contributed by atoms with Crippen LogP contribution in [0.5, 0.6) is 11.5 Å². The van der Waals surface area contributed by atoms with Crippen molar-refractivity contribution in [1.82, 2.24) is 5.32 Å². The largest absolute Gasteiger partial charge is 0.493 e. The zero-order chi connectivity index (χ0) is 17.6. The summed E-state index contributed by atoms with van der Waals surface area (Å²) in [5.41, 5.74) is 3.61. The van der Waals surface area contributed by atoms with E-state index in [1.807, 2.05) is 24.3 Å². The average Bonchev–Trinajstić information content (AvgIpc) is 2.66. The van der Waals surface area contributed by atoms with Gasteiger partial charge >= 0.3 is 0 Å². The summed E-state index contributed by atoms with van der Waals surface area (Å²) in [5, 5.41) is 3.20. The van der Waals surface area contributed by atoms with Crippen molar-refractivity contribution in [2.45, 2.75) is 38.1 Å². The fourth-order valence-corrected chi connectivity index (χ4v) is 3.57. The molecule has 2 aromatic rings. The van der Waals surface area contributed by atoms with E-state index in [0.717, 1.165) is 24.8 Å². The Labute approximate surface area is 149 Å². The first-order valence-corrected chi connectivity index (χ1v) is 8.80. The maximum atomic E-state index is 12.5. The van der Waals surface area contributed by atoms with Crippen LogP contribution in [0.25, 0.3) is 0 Å². The van der Waals surface area contributed by atoms with Gasteiger partial charge in [-0.15, -0.1) is 0 Å². The average molecular weight is 339 g/mol. The Morgan fingerprint density at radius 3 is 2.76 bits per heavy atom. The minimum absolute atomic E-state index is 0.0755. The van der Waals surface area contributed by atoms with Crippen molar-refractivity contribution in [1.29, 1.82) is 0 Å². The maximum Gasteiger partial charge on any atom is 0.220 e. The molecule has 0 fully saturated rings. The maximum absolute atomic E-state index is 12.5. The summed E-state index contributed by atoms with van der Waals surface area (Å²) in [4.78, 5) is 12.5. The number of hydrogen-bond acceptors (Lipinski definition) is 3. The van der Waals surface area contributed by atoms with Gasteiger partial charge in [0.2, 0.25) is 5.91 Å². The molecule has 0 aromatic heterocycles. The van der Waals surface area contributed by atoms with Gasteiger partial charge in [-0.25, -0.2) is 0 Å². The molecule has 0 heterocycles. The minimum atomic E-state index is 0.0755. The van der Waals surface area contributed by atoms with E-state index in [0.29, 0.717) is 24.3 Å². The van der Waals surface area contributed by atoms with Crippen LogP contribution in [0.15, 0.2) is 42.5 Å². The molecule has 132 valence electrons. The van der Waals surface area contributed by atoms with E-state index in [1.165, 1.54) is 11.1 Å². The van der Waals surface area contributed by atoms with E-state index in [4.69, 9.17) is 9.47 Å². The van der Waals surface area contributed by atoms with Crippen molar-refractivity contribution in [3.8, 4) is 11.5 Å². The predicted octanol–water partition coefficient (Wildman–Crippen LogP) is 3.83. The third-order valence-corrected chi connectivity index (χ3v) is 4.81. The highest BCUT2D eigenvalue weighted by Crippen LogP contribution is 2.32. The van der Waals surface area contributed by atoms with E-state index in [9.17, 15) is 4.79 Å². The lowest BCUT2D eigenvalue weighted by Crippen LogP contribution is -2.31. The van der Waals surface area contributed by atoms with E-state index in [1.54, 1.807) is 14.2 Å². The molecule has 0 bridgehead atoms. The molecule has 0 radical (unpaired) electrons. The Balaban J connectivity index is 1.63. The highest BCUT2D eigenvalue weighted by atomic mass is 16.5. The highest BCUT2D eigenvalue weighted by molar-refractivity contribution is 5.77. The SMILES string of the molecule is COc1cccc(CCC(=O)NC2CCCc3ccccc32)c1OC. The standard InChI is InChI=1S/C21H25NO3/c1-24-19-12-6-9-16(21(19)25-2)13-14-20(23)22-18-11-5-8-15-7-3-4-10-17(15)18/h3-4,6-7,9-10,12,18H,5,8,11,13-14H2,1-2H3,(H,22,23). The van der Waals surface area contributed by atoms with Crippen LogP contribution in [-0.2, 0) is 17.6 Å². The molecule has 3 rings (SSSR count). The molecule has 1 unspecified atom stereocenters. The Hall–Kier alpha value is -2.49. The summed E-state index contributed by atoms with van der Waals surface area (Å²) < 4.78 is 10.8. The van der Waals surface area contributed by atoms with Crippen LogP contribution in [-0.4, -0.2) is 20.1 Å². The lowest BCUT2D eigenvalue weighted by atomic mass is 9.87. The summed E-state index contributed by atoms with van der Waals surface area (Å²) in [5.74, 6) is 1.48. The van der Waals surface area contributed by atoms with E-state index >= 15 is 0 Å². The van der Waals surface area contributed by atoms with Crippen molar-refractivity contribution in [3.63, 3.8) is 0 Å². The molecule has 0 aliphatic heterocycles. The fraction of sp³-hybridized carbons (Fsp3) is 0.381. The molecule has 4 nitrogen and oxygen atoms in total. The first-order chi connectivity index (χ1) is 12.2. The third kappa shape index (κ3) is 3.95. The van der Waals surface area contributed by atoms with E-state index in [-0.39, 0.29) is 11.9 Å². The Bertz CT molecular complexity index is 742. The Morgan fingerprint density at radius 1 is 1.12 bits per heavy atom. The van der Waals surface area contributed by atoms with Crippen LogP contribution in [0.1, 0.15) is 42.0 Å². The van der Waals surface area contributed by atoms with Crippen molar-refractivity contribution in [3.05, 3.63) is 59.2 Å². The van der Waals surface area contributed by atoms with E-state index in [2.05, 4.69) is 23.5 Å². The molecule has 0 saturated heterocycles. The van der Waals surface area contributed by atoms with Gasteiger partial charge in [0.15, 0.2) is 11.5 Å². The van der Waals surface area contributed by atoms with Gasteiger partial charge in [0.25, 0.3) is 0 Å². The summed E-state index contributed by atoms with van der Waals surface area (Å²) in [7, 11) is 3.25. The highest BCUT2D eigenvalue weighted by Gasteiger charge is 2.21. The zero-order valence-electron chi connectivity index (χ0n) is 14.9. The summed E-state index contributed by atoms with van der Waals surface area (Å²) in [6.45, 7) is 0. The molecule has 0 spiro atoms. The number of amides is 1. The lowest BCUT2D eigenvalue weighted by Gasteiger charge is -2.26. The van der Waals surface area contributed by atoms with Crippen molar-refractivity contribution in [2.24, 2.45) is 0 Å². The number of fused-ring (bicyclic) bond motifs is 1. The van der Waals surface area contributed by atoms with Crippen LogP contribution in [0, 0.1) is 0 Å². The molecule has 0 saturated carbocycles. The summed E-state index contributed by atoms with van der Waals surface area (Å²) in [6, 6.07) is 14.3. The molecule has 25 heavy (non-hydrogen) atoms. The minimum Gasteiger partial charge on any atom is -0.493 e. The number of benzene rings is 2. The fourth-order valence-electron chi connectivity index (χ4n) is 3.57. The number of rotatable bonds is 6. The van der Waals surface area contributed by atoms with Crippen LogP contribution in [0.3, 0.4) is 0 Å². The van der Waals surface area contributed by atoms with Gasteiger partial charge in [0.1, 0.15) is 0 Å². The quantitative estimate of drug-likeness (QED) is 0.870. The van der Waals surface area contributed by atoms with Gasteiger partial charge in [-0.05, 0) is 48.4 Å². The second-order valence-corrected chi connectivity index (χ2v) is 6.36. The van der Waals surface area contributed by atoms with Gasteiger partial charge < -0.3 is 14.8 Å². The molecule has 1 aliphatic rings. The van der Waals surface area contributed by atoms with E-state index < -0.39 is 0 Å². The second-order valence-electron chi connectivity index (χ2n) is 6.36. The third-order valence-electron chi connectivity index (χ3n) is 4.81. The monoisotopic (exact) mass is 339 g/mol. The Morgan fingerprint density at radius 2 is 1.96 bits per heavy atom. The van der Waals surface area contributed by atoms with Crippen LogP contribution < -0.4 is 14.8 Å². The number of nitrogens with one attached hydrogen (secondary N) is 1. The molecule has 1 atom stereocenters. The van der Waals surface area contributed by atoms with Crippen molar-refractivity contribution in [2.75, 3.05) is 14.2 Å². The molecular weight excluding hydrogens is 314 g/mol. The van der Waals surface area contributed by atoms with Gasteiger partial charge in [0.05, 0.1) is 20.3 Å². The number of carbonyl (C=O) groups excluding carboxylic acids is 1. The first kappa shape index (κ1) is 17.3. The first-order valence-electron chi connectivity index (χ1n) is 8.80. The van der Waals surface area contributed by atoms with Crippen LogP contribution >= 0.6 is 0 Å². The molecule has 1 amide bonds. The smallest absolute Gasteiger partial charge is 0.220 e. The van der Waals surface area contributed by atoms with Crippen molar-refractivity contribution >= 4 is 5.91 Å². The topological polar surface area (TPSA) is 47.6 Å². The number of para-hydroxylation sites is 1. The Kier molecular flexibility index (Phi) is 5.59. The number of hydrogen-bond donors (Lipinski definition) is 1. The number of methoxy groups -OCH3 is 2.